The van der Waals surface area contributed by atoms with E-state index < -0.39 is 47.0 Å². The van der Waals surface area contributed by atoms with Crippen molar-refractivity contribution >= 4 is 46.4 Å². The van der Waals surface area contributed by atoms with Gasteiger partial charge >= 0.3 is 12.1 Å². The summed E-state index contributed by atoms with van der Waals surface area (Å²) in [5, 5.41) is 12.9. The number of amides is 2. The molecule has 186 valence electrons. The van der Waals surface area contributed by atoms with E-state index in [1.165, 1.54) is 24.1 Å². The first-order chi connectivity index (χ1) is 16.4. The van der Waals surface area contributed by atoms with E-state index in [1.807, 2.05) is 0 Å². The predicted octanol–water partition coefficient (Wildman–Crippen LogP) is 3.81. The Hall–Kier alpha value is -3.87. The van der Waals surface area contributed by atoms with Crippen LogP contribution in [0.1, 0.15) is 12.0 Å². The highest BCUT2D eigenvalue weighted by Crippen LogP contribution is 2.36. The predicted molar refractivity (Wildman–Crippen MR) is 116 cm³/mol. The number of alkyl halides is 3. The number of hydrogen-bond acceptors (Lipinski definition) is 7. The van der Waals surface area contributed by atoms with Crippen LogP contribution in [0, 0.1) is 16.0 Å². The van der Waals surface area contributed by atoms with Gasteiger partial charge in [-0.05, 0) is 24.3 Å². The smallest absolute Gasteiger partial charge is 0.416 e. The first kappa shape index (κ1) is 25.7. The van der Waals surface area contributed by atoms with Crippen molar-refractivity contribution < 1.29 is 42.0 Å². The largest absolute Gasteiger partial charge is 0.494 e. The molecule has 1 N–H and O–H groups in total. The number of nitro groups is 1. The molecule has 0 aliphatic carbocycles. The van der Waals surface area contributed by atoms with Crippen LogP contribution in [0.15, 0.2) is 36.4 Å². The van der Waals surface area contributed by atoms with Crippen molar-refractivity contribution in [1.82, 2.24) is 0 Å². The Kier molecular flexibility index (Phi) is 7.48. The number of rotatable bonds is 7. The lowest BCUT2D eigenvalue weighted by Gasteiger charge is -2.19. The standard InChI is InChI=1S/C21H17ClF3N3O7/c1-34-17-8-13(28(32)33)3-5-16(17)27-9-11(6-19(27)30)20(31)35-10-18(29)26-15-7-12(21(23,24)25)2-4-14(15)22/h2-5,7-8,11H,6,9-10H2,1H3,(H,26,29)/t11-/m0/s1. The fourth-order valence-corrected chi connectivity index (χ4v) is 3.50. The molecule has 1 atom stereocenters. The van der Waals surface area contributed by atoms with Crippen molar-refractivity contribution in [2.24, 2.45) is 5.92 Å². The Balaban J connectivity index is 1.61. The van der Waals surface area contributed by atoms with E-state index in [4.69, 9.17) is 21.1 Å². The number of carbonyl (C=O) groups is 3. The van der Waals surface area contributed by atoms with Gasteiger partial charge < -0.3 is 19.7 Å². The molecular formula is C21H17ClF3N3O7. The summed E-state index contributed by atoms with van der Waals surface area (Å²) in [5.74, 6) is -3.18. The second-order valence-corrected chi connectivity index (χ2v) is 7.77. The lowest BCUT2D eigenvalue weighted by atomic mass is 10.1. The SMILES string of the molecule is COc1cc([N+](=O)[O-])ccc1N1C[C@@H](C(=O)OCC(=O)Nc2cc(C(F)(F)F)ccc2Cl)CC1=O. The quantitative estimate of drug-likeness (QED) is 0.337. The molecule has 0 bridgehead atoms. The molecule has 0 saturated carbocycles. The number of methoxy groups -OCH3 is 1. The molecule has 0 radical (unpaired) electrons. The van der Waals surface area contributed by atoms with Gasteiger partial charge in [0, 0.05) is 19.0 Å². The summed E-state index contributed by atoms with van der Waals surface area (Å²) >= 11 is 5.82. The van der Waals surface area contributed by atoms with Gasteiger partial charge in [0.2, 0.25) is 5.91 Å². The van der Waals surface area contributed by atoms with E-state index in [9.17, 15) is 37.7 Å². The molecular weight excluding hydrogens is 499 g/mol. The molecule has 1 heterocycles. The zero-order chi connectivity index (χ0) is 25.9. The molecule has 2 aromatic carbocycles. The summed E-state index contributed by atoms with van der Waals surface area (Å²) in [4.78, 5) is 48.5. The van der Waals surface area contributed by atoms with Gasteiger partial charge in [0.05, 0.1) is 46.0 Å². The number of halogens is 4. The molecule has 14 heteroatoms. The molecule has 0 spiro atoms. The van der Waals surface area contributed by atoms with Crippen LogP contribution in [0.2, 0.25) is 5.02 Å². The first-order valence-corrected chi connectivity index (χ1v) is 10.2. The number of ether oxygens (including phenoxy) is 2. The summed E-state index contributed by atoms with van der Waals surface area (Å²) in [6, 6.07) is 6.00. The molecule has 35 heavy (non-hydrogen) atoms. The number of nitrogens with one attached hydrogen (secondary N) is 1. The number of anilines is 2. The lowest BCUT2D eigenvalue weighted by Crippen LogP contribution is -2.28. The molecule has 1 aliphatic heterocycles. The van der Waals surface area contributed by atoms with Crippen molar-refractivity contribution in [3.05, 3.63) is 57.1 Å². The molecule has 0 unspecified atom stereocenters. The van der Waals surface area contributed by atoms with E-state index in [-0.39, 0.29) is 40.8 Å². The molecule has 1 saturated heterocycles. The third kappa shape index (κ3) is 5.98. The van der Waals surface area contributed by atoms with Crippen LogP contribution in [0.25, 0.3) is 0 Å². The Morgan fingerprint density at radius 2 is 1.97 bits per heavy atom. The number of hydrogen-bond donors (Lipinski definition) is 1. The van der Waals surface area contributed by atoms with E-state index in [0.29, 0.717) is 6.07 Å². The maximum Gasteiger partial charge on any atom is 0.416 e. The summed E-state index contributed by atoms with van der Waals surface area (Å²) in [6.45, 7) is -0.955. The zero-order valence-corrected chi connectivity index (χ0v) is 18.7. The van der Waals surface area contributed by atoms with Crippen molar-refractivity contribution in [2.45, 2.75) is 12.6 Å². The highest BCUT2D eigenvalue weighted by Gasteiger charge is 2.38. The van der Waals surface area contributed by atoms with Crippen molar-refractivity contribution in [2.75, 3.05) is 30.5 Å². The van der Waals surface area contributed by atoms with Crippen LogP contribution >= 0.6 is 11.6 Å². The minimum atomic E-state index is -4.65. The van der Waals surface area contributed by atoms with Gasteiger partial charge in [-0.15, -0.1) is 0 Å². The number of carbonyl (C=O) groups excluding carboxylic acids is 3. The van der Waals surface area contributed by atoms with Crippen LogP contribution < -0.4 is 15.0 Å². The van der Waals surface area contributed by atoms with Gasteiger partial charge in [-0.2, -0.15) is 13.2 Å². The number of non-ortho nitro benzene ring substituents is 1. The topological polar surface area (TPSA) is 128 Å². The van der Waals surface area contributed by atoms with Gasteiger partial charge in [-0.3, -0.25) is 24.5 Å². The molecule has 2 amide bonds. The number of benzene rings is 2. The maximum absolute atomic E-state index is 12.9. The first-order valence-electron chi connectivity index (χ1n) is 9.86. The second-order valence-electron chi connectivity index (χ2n) is 7.37. The Morgan fingerprint density at radius 3 is 2.60 bits per heavy atom. The zero-order valence-electron chi connectivity index (χ0n) is 17.9. The summed E-state index contributed by atoms with van der Waals surface area (Å²) in [5.41, 5.74) is -1.37. The van der Waals surface area contributed by atoms with Gasteiger partial charge in [0.25, 0.3) is 11.6 Å². The normalized spacial score (nSPS) is 15.6. The Labute approximate surface area is 200 Å². The van der Waals surface area contributed by atoms with Crippen LogP contribution in [0.3, 0.4) is 0 Å². The second kappa shape index (κ2) is 10.2. The highest BCUT2D eigenvalue weighted by atomic mass is 35.5. The van der Waals surface area contributed by atoms with Crippen LogP contribution in [0.5, 0.6) is 5.75 Å². The minimum absolute atomic E-state index is 0.0545. The average molecular weight is 516 g/mol. The molecule has 10 nitrogen and oxygen atoms in total. The number of nitro benzene ring substituents is 1. The van der Waals surface area contributed by atoms with Crippen molar-refractivity contribution in [1.29, 1.82) is 0 Å². The van der Waals surface area contributed by atoms with E-state index >= 15 is 0 Å². The molecule has 1 aliphatic rings. The fraction of sp³-hybridized carbons (Fsp3) is 0.286. The van der Waals surface area contributed by atoms with E-state index in [0.717, 1.165) is 18.2 Å². The van der Waals surface area contributed by atoms with Gasteiger partial charge in [0.1, 0.15) is 5.75 Å². The third-order valence-electron chi connectivity index (χ3n) is 5.04. The lowest BCUT2D eigenvalue weighted by molar-refractivity contribution is -0.384. The van der Waals surface area contributed by atoms with Crippen LogP contribution in [-0.4, -0.2) is 43.0 Å². The van der Waals surface area contributed by atoms with Crippen molar-refractivity contribution in [3.8, 4) is 5.75 Å². The summed E-state index contributed by atoms with van der Waals surface area (Å²) in [6.07, 6.45) is -4.90. The Bertz CT molecular complexity index is 1190. The number of esters is 1. The van der Waals surface area contributed by atoms with Crippen molar-refractivity contribution in [3.63, 3.8) is 0 Å². The third-order valence-corrected chi connectivity index (χ3v) is 5.37. The van der Waals surface area contributed by atoms with E-state index in [2.05, 4.69) is 5.32 Å². The van der Waals surface area contributed by atoms with Gasteiger partial charge in [0.15, 0.2) is 6.61 Å². The maximum atomic E-state index is 12.9. The molecule has 1 fully saturated rings. The monoisotopic (exact) mass is 515 g/mol. The average Bonchev–Trinajstić information content (AvgIpc) is 3.19. The fourth-order valence-electron chi connectivity index (χ4n) is 3.34. The van der Waals surface area contributed by atoms with Gasteiger partial charge in [-0.25, -0.2) is 0 Å². The van der Waals surface area contributed by atoms with E-state index in [1.54, 1.807) is 0 Å². The summed E-state index contributed by atoms with van der Waals surface area (Å²) < 4.78 is 48.6. The minimum Gasteiger partial charge on any atom is -0.494 e. The van der Waals surface area contributed by atoms with Gasteiger partial charge in [-0.1, -0.05) is 11.6 Å². The Morgan fingerprint density at radius 1 is 1.26 bits per heavy atom. The molecule has 2 aromatic rings. The highest BCUT2D eigenvalue weighted by molar-refractivity contribution is 6.33. The van der Waals surface area contributed by atoms with Crippen LogP contribution in [-0.2, 0) is 25.3 Å². The van der Waals surface area contributed by atoms with Crippen LogP contribution in [0.4, 0.5) is 30.2 Å². The number of nitrogens with zero attached hydrogens (tertiary/aromatic N) is 2. The molecule has 3 rings (SSSR count). The molecule has 0 aromatic heterocycles. The summed E-state index contributed by atoms with van der Waals surface area (Å²) in [7, 11) is 1.27.